The summed E-state index contributed by atoms with van der Waals surface area (Å²) < 4.78 is 23.2. The molecule has 0 radical (unpaired) electrons. The van der Waals surface area contributed by atoms with Crippen LogP contribution in [0.1, 0.15) is 12.5 Å². The van der Waals surface area contributed by atoms with Crippen LogP contribution < -0.4 is 4.74 Å². The van der Waals surface area contributed by atoms with Gasteiger partial charge >= 0.3 is 5.97 Å². The number of ether oxygens (including phenoxy) is 2. The van der Waals surface area contributed by atoms with Crippen molar-refractivity contribution in [3.05, 3.63) is 70.1 Å². The van der Waals surface area contributed by atoms with E-state index in [1.54, 1.807) is 19.1 Å². The molecule has 1 aliphatic heterocycles. The number of hydrogen-bond acceptors (Lipinski definition) is 7. The molecular weight excluding hydrogens is 397 g/mol. The van der Waals surface area contributed by atoms with Crippen LogP contribution in [-0.2, 0) is 9.53 Å². The number of carbonyl (C=O) groups excluding carboxylic acids is 1. The summed E-state index contributed by atoms with van der Waals surface area (Å²) in [7, 11) is 1.48. The molecule has 3 rings (SSSR count). The van der Waals surface area contributed by atoms with Gasteiger partial charge in [0.15, 0.2) is 0 Å². The second-order valence-electron chi connectivity index (χ2n) is 5.87. The molecule has 2 aromatic rings. The number of esters is 1. The van der Waals surface area contributed by atoms with Gasteiger partial charge in [-0.2, -0.15) is 0 Å². The fourth-order valence-corrected chi connectivity index (χ4v) is 3.56. The standard InChI is InChI=1S/C21H18FNO5S/c1-3-28-21(26)18-19(25)17(10-12-4-9-15(27-2)11-16(12)24)29-20(18)23-14-7-5-13(22)6-8-14/h4-11,24-25H,3H2,1-2H3/b17-10+,23-20?. The van der Waals surface area contributed by atoms with Crippen molar-refractivity contribution < 1.29 is 28.9 Å². The minimum Gasteiger partial charge on any atom is -0.507 e. The van der Waals surface area contributed by atoms with Gasteiger partial charge in [0.25, 0.3) is 0 Å². The monoisotopic (exact) mass is 415 g/mol. The van der Waals surface area contributed by atoms with E-state index in [2.05, 4.69) is 4.99 Å². The lowest BCUT2D eigenvalue weighted by atomic mass is 10.1. The fraction of sp³-hybridized carbons (Fsp3) is 0.143. The third kappa shape index (κ3) is 4.60. The van der Waals surface area contributed by atoms with Gasteiger partial charge in [-0.3, -0.25) is 0 Å². The number of aliphatic hydroxyl groups is 1. The zero-order chi connectivity index (χ0) is 21.0. The molecule has 8 heteroatoms. The van der Waals surface area contributed by atoms with Gasteiger partial charge in [0, 0.05) is 11.6 Å². The average molecular weight is 415 g/mol. The van der Waals surface area contributed by atoms with Crippen LogP contribution in [0.4, 0.5) is 10.1 Å². The van der Waals surface area contributed by atoms with Gasteiger partial charge < -0.3 is 19.7 Å². The summed E-state index contributed by atoms with van der Waals surface area (Å²) in [5.41, 5.74) is 0.753. The minimum absolute atomic E-state index is 0.0492. The molecule has 1 aliphatic rings. The maximum atomic E-state index is 13.1. The van der Waals surface area contributed by atoms with Crippen molar-refractivity contribution in [2.75, 3.05) is 13.7 Å². The van der Waals surface area contributed by atoms with Gasteiger partial charge in [0.2, 0.25) is 0 Å². The Morgan fingerprint density at radius 2 is 1.93 bits per heavy atom. The Bertz CT molecular complexity index is 1030. The van der Waals surface area contributed by atoms with Gasteiger partial charge in [-0.25, -0.2) is 14.2 Å². The van der Waals surface area contributed by atoms with E-state index in [0.29, 0.717) is 21.9 Å². The number of halogens is 1. The number of aliphatic hydroxyl groups excluding tert-OH is 1. The molecule has 2 aromatic carbocycles. The second-order valence-corrected chi connectivity index (χ2v) is 6.90. The molecule has 0 unspecified atom stereocenters. The van der Waals surface area contributed by atoms with E-state index in [1.807, 2.05) is 0 Å². The summed E-state index contributed by atoms with van der Waals surface area (Å²) in [5.74, 6) is -1.00. The molecule has 2 N–H and O–H groups in total. The first-order valence-electron chi connectivity index (χ1n) is 8.64. The molecule has 0 atom stereocenters. The summed E-state index contributed by atoms with van der Waals surface area (Å²) in [6, 6.07) is 10.1. The molecule has 6 nitrogen and oxygen atoms in total. The summed E-state index contributed by atoms with van der Waals surface area (Å²) >= 11 is 1.04. The van der Waals surface area contributed by atoms with E-state index in [0.717, 1.165) is 11.8 Å². The maximum absolute atomic E-state index is 13.1. The van der Waals surface area contributed by atoms with Crippen LogP contribution in [0.3, 0.4) is 0 Å². The lowest BCUT2D eigenvalue weighted by Crippen LogP contribution is -2.12. The number of phenolic OH excluding ortho intramolecular Hbond substituents is 1. The van der Waals surface area contributed by atoms with Crippen molar-refractivity contribution in [2.24, 2.45) is 4.99 Å². The van der Waals surface area contributed by atoms with Gasteiger partial charge in [-0.15, -0.1) is 0 Å². The van der Waals surface area contributed by atoms with Crippen molar-refractivity contribution in [3.8, 4) is 11.5 Å². The number of nitrogens with zero attached hydrogens (tertiary/aromatic N) is 1. The quantitative estimate of drug-likeness (QED) is 0.686. The third-order valence-electron chi connectivity index (χ3n) is 3.95. The van der Waals surface area contributed by atoms with Crippen molar-refractivity contribution >= 4 is 34.5 Å². The normalized spacial score (nSPS) is 16.5. The first-order valence-corrected chi connectivity index (χ1v) is 9.46. The van der Waals surface area contributed by atoms with E-state index >= 15 is 0 Å². The van der Waals surface area contributed by atoms with Crippen molar-refractivity contribution in [3.63, 3.8) is 0 Å². The van der Waals surface area contributed by atoms with Crippen LogP contribution in [0.15, 0.2) is 63.7 Å². The Morgan fingerprint density at radius 3 is 2.55 bits per heavy atom. The number of aromatic hydroxyl groups is 1. The number of phenols is 1. The van der Waals surface area contributed by atoms with Gasteiger partial charge in [0.1, 0.15) is 33.7 Å². The molecule has 0 amide bonds. The number of benzene rings is 2. The van der Waals surface area contributed by atoms with E-state index in [9.17, 15) is 19.4 Å². The molecule has 29 heavy (non-hydrogen) atoms. The van der Waals surface area contributed by atoms with Crippen LogP contribution in [0.5, 0.6) is 11.5 Å². The lowest BCUT2D eigenvalue weighted by Gasteiger charge is -2.04. The highest BCUT2D eigenvalue weighted by molar-refractivity contribution is 8.18. The van der Waals surface area contributed by atoms with Gasteiger partial charge in [-0.1, -0.05) is 11.8 Å². The molecule has 150 valence electrons. The second kappa shape index (κ2) is 8.83. The van der Waals surface area contributed by atoms with E-state index < -0.39 is 11.8 Å². The summed E-state index contributed by atoms with van der Waals surface area (Å²) in [5, 5.41) is 21.0. The van der Waals surface area contributed by atoms with Gasteiger partial charge in [0.05, 0.1) is 24.3 Å². The number of methoxy groups -OCH3 is 1. The summed E-state index contributed by atoms with van der Waals surface area (Å²) in [4.78, 5) is 17.0. The molecule has 0 saturated heterocycles. The van der Waals surface area contributed by atoms with Gasteiger partial charge in [-0.05, 0) is 49.4 Å². The highest BCUT2D eigenvalue weighted by atomic mass is 32.2. The summed E-state index contributed by atoms with van der Waals surface area (Å²) in [6.07, 6.45) is 1.53. The van der Waals surface area contributed by atoms with E-state index in [4.69, 9.17) is 9.47 Å². The Morgan fingerprint density at radius 1 is 1.21 bits per heavy atom. The largest absolute Gasteiger partial charge is 0.507 e. The molecule has 0 bridgehead atoms. The molecular formula is C21H18FNO5S. The molecule has 0 spiro atoms. The van der Waals surface area contributed by atoms with Crippen LogP contribution in [0.2, 0.25) is 0 Å². The van der Waals surface area contributed by atoms with Crippen molar-refractivity contribution in [1.29, 1.82) is 0 Å². The predicted octanol–water partition coefficient (Wildman–Crippen LogP) is 4.73. The third-order valence-corrected chi connectivity index (χ3v) is 4.97. The molecule has 0 aliphatic carbocycles. The predicted molar refractivity (Wildman–Crippen MR) is 110 cm³/mol. The number of carbonyl (C=O) groups is 1. The first-order chi connectivity index (χ1) is 13.9. The van der Waals surface area contributed by atoms with Crippen molar-refractivity contribution in [1.82, 2.24) is 0 Å². The fourth-order valence-electron chi connectivity index (χ4n) is 2.54. The highest BCUT2D eigenvalue weighted by Gasteiger charge is 2.33. The number of thioether (sulfide) groups is 1. The minimum atomic E-state index is -0.722. The number of rotatable bonds is 5. The zero-order valence-corrected chi connectivity index (χ0v) is 16.5. The van der Waals surface area contributed by atoms with Crippen LogP contribution in [-0.4, -0.2) is 34.9 Å². The van der Waals surface area contributed by atoms with Crippen LogP contribution >= 0.6 is 11.8 Å². The first kappa shape index (κ1) is 20.5. The highest BCUT2D eigenvalue weighted by Crippen LogP contribution is 2.41. The topological polar surface area (TPSA) is 88.4 Å². The zero-order valence-electron chi connectivity index (χ0n) is 15.7. The Hall–Kier alpha value is -3.26. The molecule has 0 aromatic heterocycles. The average Bonchev–Trinajstić information content (AvgIpc) is 3.00. The summed E-state index contributed by atoms with van der Waals surface area (Å²) in [6.45, 7) is 1.78. The van der Waals surface area contributed by atoms with E-state index in [1.165, 1.54) is 43.5 Å². The smallest absolute Gasteiger partial charge is 0.344 e. The Balaban J connectivity index is 2.04. The molecule has 1 heterocycles. The van der Waals surface area contributed by atoms with E-state index in [-0.39, 0.29) is 28.7 Å². The molecule has 0 fully saturated rings. The number of hydrogen-bond donors (Lipinski definition) is 2. The maximum Gasteiger partial charge on any atom is 0.344 e. The van der Waals surface area contributed by atoms with Crippen molar-refractivity contribution in [2.45, 2.75) is 6.92 Å². The Kier molecular flexibility index (Phi) is 6.23. The Labute approximate surface area is 171 Å². The molecule has 0 saturated carbocycles. The lowest BCUT2D eigenvalue weighted by molar-refractivity contribution is -0.138. The van der Waals surface area contributed by atoms with Crippen LogP contribution in [0, 0.1) is 5.82 Å². The van der Waals surface area contributed by atoms with Crippen LogP contribution in [0.25, 0.3) is 6.08 Å². The SMILES string of the molecule is CCOC(=O)C1=C(O)/C(=C\c2ccc(OC)cc2O)SC1=Nc1ccc(F)cc1. The number of aliphatic imine (C=N–C) groups is 1.